The van der Waals surface area contributed by atoms with E-state index in [2.05, 4.69) is 4.98 Å². The van der Waals surface area contributed by atoms with Gasteiger partial charge >= 0.3 is 11.9 Å². The molecule has 0 aliphatic heterocycles. The third-order valence-corrected chi connectivity index (χ3v) is 2.25. The second-order valence-electron chi connectivity index (χ2n) is 3.43. The van der Waals surface area contributed by atoms with Gasteiger partial charge in [-0.05, 0) is 6.07 Å². The molecular formula is C9H4ClF3N2O3. The summed E-state index contributed by atoms with van der Waals surface area (Å²) < 4.78 is 41.2. The highest BCUT2D eigenvalue weighted by Crippen LogP contribution is 2.32. The standard InChI is InChI=1S/C9H4ClF3N2O3/c10-4-1-5-8(6(2-4)15(16)17)18-7(14-5)3-9(11,12)13/h1-2H,3H2. The van der Waals surface area contributed by atoms with Gasteiger partial charge in [0, 0.05) is 11.1 Å². The van der Waals surface area contributed by atoms with Crippen LogP contribution in [0.3, 0.4) is 0 Å². The zero-order valence-electron chi connectivity index (χ0n) is 8.49. The first-order valence-electron chi connectivity index (χ1n) is 4.56. The predicted molar refractivity (Wildman–Crippen MR) is 55.4 cm³/mol. The van der Waals surface area contributed by atoms with E-state index in [-0.39, 0.29) is 16.1 Å². The Bertz CT molecular complexity index is 623. The summed E-state index contributed by atoms with van der Waals surface area (Å²) >= 11 is 5.60. The summed E-state index contributed by atoms with van der Waals surface area (Å²) in [4.78, 5) is 13.4. The average molecular weight is 281 g/mol. The summed E-state index contributed by atoms with van der Waals surface area (Å²) in [5, 5.41) is 10.7. The number of benzene rings is 1. The number of aromatic nitrogens is 1. The fraction of sp³-hybridized carbons (Fsp3) is 0.222. The van der Waals surface area contributed by atoms with Gasteiger partial charge in [-0.15, -0.1) is 0 Å². The van der Waals surface area contributed by atoms with Crippen LogP contribution in [0.15, 0.2) is 16.5 Å². The van der Waals surface area contributed by atoms with Crippen molar-refractivity contribution >= 4 is 28.4 Å². The minimum absolute atomic E-state index is 0.000980. The van der Waals surface area contributed by atoms with Crippen LogP contribution in [-0.4, -0.2) is 16.1 Å². The Morgan fingerprint density at radius 1 is 1.44 bits per heavy atom. The van der Waals surface area contributed by atoms with E-state index in [9.17, 15) is 23.3 Å². The van der Waals surface area contributed by atoms with Gasteiger partial charge in [0.2, 0.25) is 11.5 Å². The summed E-state index contributed by atoms with van der Waals surface area (Å²) in [6, 6.07) is 2.19. The number of nitro groups is 1. The topological polar surface area (TPSA) is 69.2 Å². The Morgan fingerprint density at radius 3 is 2.67 bits per heavy atom. The molecule has 0 saturated heterocycles. The Kier molecular flexibility index (Phi) is 2.89. The third-order valence-electron chi connectivity index (χ3n) is 2.03. The number of hydrogen-bond acceptors (Lipinski definition) is 4. The van der Waals surface area contributed by atoms with Gasteiger partial charge in [-0.25, -0.2) is 4.98 Å². The van der Waals surface area contributed by atoms with Gasteiger partial charge in [-0.2, -0.15) is 13.2 Å². The molecule has 0 aliphatic rings. The lowest BCUT2D eigenvalue weighted by Gasteiger charge is -2.00. The van der Waals surface area contributed by atoms with E-state index >= 15 is 0 Å². The molecule has 1 aromatic heterocycles. The van der Waals surface area contributed by atoms with Gasteiger partial charge in [-0.3, -0.25) is 10.1 Å². The molecule has 0 saturated carbocycles. The molecule has 0 atom stereocenters. The first-order valence-corrected chi connectivity index (χ1v) is 4.94. The molecule has 0 aliphatic carbocycles. The number of halogens is 4. The van der Waals surface area contributed by atoms with E-state index in [1.165, 1.54) is 6.07 Å². The summed E-state index contributed by atoms with van der Waals surface area (Å²) in [5.74, 6) is -0.636. The molecule has 1 aromatic carbocycles. The van der Waals surface area contributed by atoms with Crippen molar-refractivity contribution in [2.75, 3.05) is 0 Å². The molecule has 1 heterocycles. The van der Waals surface area contributed by atoms with Crippen LogP contribution in [0.2, 0.25) is 5.02 Å². The molecule has 96 valence electrons. The molecule has 18 heavy (non-hydrogen) atoms. The maximum absolute atomic E-state index is 12.1. The first-order chi connectivity index (χ1) is 8.26. The van der Waals surface area contributed by atoms with Crippen LogP contribution in [0.1, 0.15) is 5.89 Å². The Labute approximate surface area is 102 Å². The molecule has 2 rings (SSSR count). The molecular weight excluding hydrogens is 277 g/mol. The molecule has 0 N–H and O–H groups in total. The number of oxazole rings is 1. The van der Waals surface area contributed by atoms with Crippen LogP contribution < -0.4 is 0 Å². The van der Waals surface area contributed by atoms with Crippen molar-refractivity contribution in [2.45, 2.75) is 12.6 Å². The largest absolute Gasteiger partial charge is 0.433 e. The van der Waals surface area contributed by atoms with Crippen LogP contribution in [0.5, 0.6) is 0 Å². The lowest BCUT2D eigenvalue weighted by molar-refractivity contribution is -0.383. The van der Waals surface area contributed by atoms with E-state index in [0.29, 0.717) is 0 Å². The molecule has 9 heteroatoms. The van der Waals surface area contributed by atoms with Gasteiger partial charge in [0.05, 0.1) is 4.92 Å². The zero-order chi connectivity index (χ0) is 13.5. The number of alkyl halides is 3. The van der Waals surface area contributed by atoms with Crippen LogP contribution in [-0.2, 0) is 6.42 Å². The summed E-state index contributed by atoms with van der Waals surface area (Å²) in [6.07, 6.45) is -5.89. The van der Waals surface area contributed by atoms with E-state index in [1.807, 2.05) is 0 Å². The summed E-state index contributed by atoms with van der Waals surface area (Å²) in [5.41, 5.74) is -0.907. The maximum Gasteiger partial charge on any atom is 0.397 e. The fourth-order valence-corrected chi connectivity index (χ4v) is 1.62. The van der Waals surface area contributed by atoms with Crippen molar-refractivity contribution in [3.63, 3.8) is 0 Å². The lowest BCUT2D eigenvalue weighted by atomic mass is 10.3. The van der Waals surface area contributed by atoms with Crippen molar-refractivity contribution in [3.05, 3.63) is 33.2 Å². The van der Waals surface area contributed by atoms with Crippen LogP contribution >= 0.6 is 11.6 Å². The molecule has 2 aromatic rings. The average Bonchev–Trinajstić information content (AvgIpc) is 2.54. The second-order valence-corrected chi connectivity index (χ2v) is 3.87. The Hall–Kier alpha value is -1.83. The molecule has 0 amide bonds. The Balaban J connectivity index is 2.57. The minimum atomic E-state index is -4.50. The van der Waals surface area contributed by atoms with Gasteiger partial charge < -0.3 is 4.42 Å². The highest BCUT2D eigenvalue weighted by molar-refractivity contribution is 6.31. The van der Waals surface area contributed by atoms with Crippen LogP contribution in [0.4, 0.5) is 18.9 Å². The SMILES string of the molecule is O=[N+]([O-])c1cc(Cl)cc2nc(CC(F)(F)F)oc12. The van der Waals surface area contributed by atoms with Gasteiger partial charge in [0.25, 0.3) is 0 Å². The smallest absolute Gasteiger partial charge is 0.397 e. The van der Waals surface area contributed by atoms with Gasteiger partial charge in [-0.1, -0.05) is 11.6 Å². The monoisotopic (exact) mass is 280 g/mol. The van der Waals surface area contributed by atoms with Gasteiger partial charge in [0.15, 0.2) is 0 Å². The molecule has 5 nitrogen and oxygen atoms in total. The molecule has 0 fully saturated rings. The van der Waals surface area contributed by atoms with E-state index < -0.39 is 29.1 Å². The second kappa shape index (κ2) is 4.13. The number of fused-ring (bicyclic) bond motifs is 1. The number of hydrogen-bond donors (Lipinski definition) is 0. The molecule has 0 bridgehead atoms. The first kappa shape index (κ1) is 12.6. The van der Waals surface area contributed by atoms with Crippen molar-refractivity contribution < 1.29 is 22.5 Å². The molecule has 0 unspecified atom stereocenters. The van der Waals surface area contributed by atoms with Crippen molar-refractivity contribution in [1.82, 2.24) is 4.98 Å². The highest BCUT2D eigenvalue weighted by atomic mass is 35.5. The fourth-order valence-electron chi connectivity index (χ4n) is 1.41. The summed E-state index contributed by atoms with van der Waals surface area (Å²) in [6.45, 7) is 0. The van der Waals surface area contributed by atoms with E-state index in [0.717, 1.165) is 6.07 Å². The Morgan fingerprint density at radius 2 is 2.11 bits per heavy atom. The number of rotatable bonds is 2. The van der Waals surface area contributed by atoms with Crippen LogP contribution in [0, 0.1) is 10.1 Å². The molecule has 0 spiro atoms. The summed E-state index contributed by atoms with van der Waals surface area (Å²) in [7, 11) is 0. The van der Waals surface area contributed by atoms with Crippen LogP contribution in [0.25, 0.3) is 11.1 Å². The molecule has 0 radical (unpaired) electrons. The van der Waals surface area contributed by atoms with E-state index in [4.69, 9.17) is 16.0 Å². The number of non-ortho nitro benzene ring substituents is 1. The highest BCUT2D eigenvalue weighted by Gasteiger charge is 2.31. The zero-order valence-corrected chi connectivity index (χ0v) is 9.25. The quantitative estimate of drug-likeness (QED) is 0.623. The van der Waals surface area contributed by atoms with Crippen molar-refractivity contribution in [2.24, 2.45) is 0 Å². The maximum atomic E-state index is 12.1. The number of nitrogens with zero attached hydrogens (tertiary/aromatic N) is 2. The normalized spacial score (nSPS) is 12.0. The lowest BCUT2D eigenvalue weighted by Crippen LogP contribution is -2.11. The van der Waals surface area contributed by atoms with E-state index in [1.54, 1.807) is 0 Å². The van der Waals surface area contributed by atoms with Crippen molar-refractivity contribution in [3.8, 4) is 0 Å². The third kappa shape index (κ3) is 2.53. The van der Waals surface area contributed by atoms with Crippen molar-refractivity contribution in [1.29, 1.82) is 0 Å². The minimum Gasteiger partial charge on any atom is -0.433 e. The van der Waals surface area contributed by atoms with Gasteiger partial charge in [0.1, 0.15) is 11.9 Å². The predicted octanol–water partition coefficient (Wildman–Crippen LogP) is 3.49. The number of nitro benzene ring substituents is 1.